The lowest BCUT2D eigenvalue weighted by Gasteiger charge is -2.20. The van der Waals surface area contributed by atoms with Crippen molar-refractivity contribution in [3.63, 3.8) is 0 Å². The summed E-state index contributed by atoms with van der Waals surface area (Å²) in [5.74, 6) is 0.197. The van der Waals surface area contributed by atoms with Crippen LogP contribution in [0, 0.1) is 0 Å². The van der Waals surface area contributed by atoms with E-state index in [1.54, 1.807) is 0 Å². The fourth-order valence-corrected chi connectivity index (χ4v) is 2.84. The molecule has 1 heterocycles. The number of amides is 1. The van der Waals surface area contributed by atoms with Gasteiger partial charge in [-0.3, -0.25) is 4.79 Å². The van der Waals surface area contributed by atoms with Crippen molar-refractivity contribution in [2.24, 2.45) is 5.73 Å². The van der Waals surface area contributed by atoms with Crippen LogP contribution in [-0.2, 0) is 11.3 Å². The van der Waals surface area contributed by atoms with Crippen LogP contribution in [0.5, 0.6) is 0 Å². The summed E-state index contributed by atoms with van der Waals surface area (Å²) in [6.45, 7) is 5.35. The first-order valence-corrected chi connectivity index (χ1v) is 7.50. The minimum atomic E-state index is 0.170. The SMILES string of the molecule is CCN(Cc1ccc(Cl)s1)C(=O)CCCC(C)N. The minimum absolute atomic E-state index is 0.170. The smallest absolute Gasteiger partial charge is 0.222 e. The molecule has 1 rings (SSSR count). The van der Waals surface area contributed by atoms with E-state index >= 15 is 0 Å². The van der Waals surface area contributed by atoms with E-state index in [1.165, 1.54) is 11.3 Å². The van der Waals surface area contributed by atoms with Gasteiger partial charge in [-0.15, -0.1) is 11.3 Å². The van der Waals surface area contributed by atoms with E-state index in [0.717, 1.165) is 28.6 Å². The molecule has 3 nitrogen and oxygen atoms in total. The Hall–Kier alpha value is -0.580. The summed E-state index contributed by atoms with van der Waals surface area (Å²) in [4.78, 5) is 15.0. The fraction of sp³-hybridized carbons (Fsp3) is 0.615. The quantitative estimate of drug-likeness (QED) is 0.837. The van der Waals surface area contributed by atoms with Crippen LogP contribution in [0.4, 0.5) is 0 Å². The predicted octanol–water partition coefficient (Wildman–Crippen LogP) is 3.27. The largest absolute Gasteiger partial charge is 0.338 e. The molecule has 0 spiro atoms. The molecule has 2 N–H and O–H groups in total. The van der Waals surface area contributed by atoms with Crippen molar-refractivity contribution >= 4 is 28.8 Å². The number of nitrogens with two attached hydrogens (primary N) is 1. The van der Waals surface area contributed by atoms with Gasteiger partial charge >= 0.3 is 0 Å². The van der Waals surface area contributed by atoms with Gasteiger partial charge in [0.05, 0.1) is 10.9 Å². The van der Waals surface area contributed by atoms with E-state index in [1.807, 2.05) is 30.9 Å². The molecule has 5 heteroatoms. The number of rotatable bonds is 7. The minimum Gasteiger partial charge on any atom is -0.338 e. The van der Waals surface area contributed by atoms with Crippen LogP contribution < -0.4 is 5.73 Å². The van der Waals surface area contributed by atoms with Crippen molar-refractivity contribution in [1.82, 2.24) is 4.90 Å². The molecule has 0 radical (unpaired) electrons. The third kappa shape index (κ3) is 5.38. The Bertz CT molecular complexity index is 379. The topological polar surface area (TPSA) is 46.3 Å². The first-order chi connectivity index (χ1) is 8.52. The Morgan fingerprint density at radius 1 is 1.56 bits per heavy atom. The highest BCUT2D eigenvalue weighted by Crippen LogP contribution is 2.23. The maximum absolute atomic E-state index is 12.0. The average molecular weight is 289 g/mol. The lowest BCUT2D eigenvalue weighted by Crippen LogP contribution is -2.30. The number of nitrogens with zero attached hydrogens (tertiary/aromatic N) is 1. The van der Waals surface area contributed by atoms with Gasteiger partial charge in [0, 0.05) is 23.9 Å². The van der Waals surface area contributed by atoms with Gasteiger partial charge < -0.3 is 10.6 Å². The van der Waals surface area contributed by atoms with Crippen molar-refractivity contribution in [3.05, 3.63) is 21.3 Å². The average Bonchev–Trinajstić information content (AvgIpc) is 2.71. The van der Waals surface area contributed by atoms with Gasteiger partial charge in [0.2, 0.25) is 5.91 Å². The summed E-state index contributed by atoms with van der Waals surface area (Å²) in [5, 5.41) is 0. The second-order valence-electron chi connectivity index (χ2n) is 4.48. The first-order valence-electron chi connectivity index (χ1n) is 6.30. The Labute approximate surface area is 118 Å². The van der Waals surface area contributed by atoms with Gasteiger partial charge in [-0.2, -0.15) is 0 Å². The Balaban J connectivity index is 2.42. The molecule has 0 bridgehead atoms. The fourth-order valence-electron chi connectivity index (χ4n) is 1.73. The van der Waals surface area contributed by atoms with Gasteiger partial charge in [0.1, 0.15) is 0 Å². The van der Waals surface area contributed by atoms with Crippen molar-refractivity contribution in [3.8, 4) is 0 Å². The highest BCUT2D eigenvalue weighted by molar-refractivity contribution is 7.16. The Morgan fingerprint density at radius 3 is 2.78 bits per heavy atom. The number of thiophene rings is 1. The summed E-state index contributed by atoms with van der Waals surface area (Å²) in [6.07, 6.45) is 2.33. The molecular formula is C13H21ClN2OS. The number of halogens is 1. The van der Waals surface area contributed by atoms with E-state index in [9.17, 15) is 4.79 Å². The highest BCUT2D eigenvalue weighted by Gasteiger charge is 2.13. The standard InChI is InChI=1S/C13H21ClN2OS/c1-3-16(9-11-7-8-12(14)18-11)13(17)6-4-5-10(2)15/h7-8,10H,3-6,9,15H2,1-2H3. The number of carbonyl (C=O) groups is 1. The molecule has 0 fully saturated rings. The van der Waals surface area contributed by atoms with Crippen LogP contribution in [0.25, 0.3) is 0 Å². The summed E-state index contributed by atoms with van der Waals surface area (Å²) >= 11 is 7.42. The molecule has 1 amide bonds. The molecule has 102 valence electrons. The van der Waals surface area contributed by atoms with E-state index in [4.69, 9.17) is 17.3 Å². The van der Waals surface area contributed by atoms with E-state index in [0.29, 0.717) is 13.0 Å². The molecule has 1 aromatic rings. The summed E-state index contributed by atoms with van der Waals surface area (Å²) in [6, 6.07) is 4.02. The lowest BCUT2D eigenvalue weighted by molar-refractivity contribution is -0.131. The zero-order valence-corrected chi connectivity index (χ0v) is 12.6. The molecule has 1 aromatic heterocycles. The molecule has 1 atom stereocenters. The predicted molar refractivity (Wildman–Crippen MR) is 77.9 cm³/mol. The number of hydrogen-bond acceptors (Lipinski definition) is 3. The number of hydrogen-bond donors (Lipinski definition) is 1. The molecule has 0 aliphatic heterocycles. The third-order valence-electron chi connectivity index (χ3n) is 2.76. The van der Waals surface area contributed by atoms with Gasteiger partial charge in [-0.25, -0.2) is 0 Å². The summed E-state index contributed by atoms with van der Waals surface area (Å²) < 4.78 is 0.769. The normalized spacial score (nSPS) is 12.4. The zero-order chi connectivity index (χ0) is 13.5. The van der Waals surface area contributed by atoms with Crippen LogP contribution >= 0.6 is 22.9 Å². The maximum Gasteiger partial charge on any atom is 0.222 e. The van der Waals surface area contributed by atoms with Gasteiger partial charge in [-0.05, 0) is 38.8 Å². The van der Waals surface area contributed by atoms with E-state index in [-0.39, 0.29) is 11.9 Å². The van der Waals surface area contributed by atoms with Gasteiger partial charge in [-0.1, -0.05) is 11.6 Å². The van der Waals surface area contributed by atoms with Gasteiger partial charge in [0.25, 0.3) is 0 Å². The number of carbonyl (C=O) groups excluding carboxylic acids is 1. The first kappa shape index (κ1) is 15.5. The van der Waals surface area contributed by atoms with Crippen LogP contribution in [0.3, 0.4) is 0 Å². The van der Waals surface area contributed by atoms with E-state index < -0.39 is 0 Å². The third-order valence-corrected chi connectivity index (χ3v) is 3.98. The molecule has 1 unspecified atom stereocenters. The molecule has 18 heavy (non-hydrogen) atoms. The molecule has 0 aliphatic rings. The second kappa shape index (κ2) is 7.77. The van der Waals surface area contributed by atoms with Crippen LogP contribution in [-0.4, -0.2) is 23.4 Å². The second-order valence-corrected chi connectivity index (χ2v) is 6.28. The van der Waals surface area contributed by atoms with Crippen molar-refractivity contribution in [1.29, 1.82) is 0 Å². The molecular weight excluding hydrogens is 268 g/mol. The molecule has 0 saturated carbocycles. The Kier molecular flexibility index (Phi) is 6.68. The monoisotopic (exact) mass is 288 g/mol. The lowest BCUT2D eigenvalue weighted by atomic mass is 10.1. The molecule has 0 aromatic carbocycles. The van der Waals surface area contributed by atoms with Crippen LogP contribution in [0.2, 0.25) is 4.34 Å². The molecule has 0 saturated heterocycles. The van der Waals surface area contributed by atoms with Crippen LogP contribution in [0.1, 0.15) is 38.0 Å². The van der Waals surface area contributed by atoms with Crippen molar-refractivity contribution in [2.45, 2.75) is 45.7 Å². The molecule has 0 aliphatic carbocycles. The van der Waals surface area contributed by atoms with Crippen molar-refractivity contribution < 1.29 is 4.79 Å². The Morgan fingerprint density at radius 2 is 2.28 bits per heavy atom. The zero-order valence-electron chi connectivity index (χ0n) is 11.0. The maximum atomic E-state index is 12.0. The summed E-state index contributed by atoms with van der Waals surface area (Å²) in [7, 11) is 0. The van der Waals surface area contributed by atoms with Gasteiger partial charge in [0.15, 0.2) is 0 Å². The van der Waals surface area contributed by atoms with Crippen LogP contribution in [0.15, 0.2) is 12.1 Å². The van der Waals surface area contributed by atoms with E-state index in [2.05, 4.69) is 0 Å². The summed E-state index contributed by atoms with van der Waals surface area (Å²) in [5.41, 5.74) is 5.68. The van der Waals surface area contributed by atoms with Crippen molar-refractivity contribution in [2.75, 3.05) is 6.54 Å². The highest BCUT2D eigenvalue weighted by atomic mass is 35.5.